The van der Waals surface area contributed by atoms with Crippen molar-refractivity contribution in [3.8, 4) is 0 Å². The first-order valence-corrected chi connectivity index (χ1v) is 5.61. The fraction of sp³-hybridized carbons (Fsp3) is 0.231. The summed E-state index contributed by atoms with van der Waals surface area (Å²) in [6, 6.07) is 4.72. The highest BCUT2D eigenvalue weighted by Gasteiger charge is 2.17. The molecule has 0 aliphatic rings. The average molecular weight is 267 g/mol. The fourth-order valence-corrected chi connectivity index (χ4v) is 1.38. The Balaban J connectivity index is 2.64. The minimum Gasteiger partial charge on any atom is -0.480 e. The van der Waals surface area contributed by atoms with E-state index in [1.807, 2.05) is 0 Å². The SMILES string of the molecule is O=C(C=Cc1ccccc1F)NC(CCO)C(=O)O. The van der Waals surface area contributed by atoms with Crippen LogP contribution in [0.2, 0.25) is 0 Å². The van der Waals surface area contributed by atoms with E-state index in [2.05, 4.69) is 5.32 Å². The number of nitrogens with one attached hydrogen (secondary N) is 1. The fourth-order valence-electron chi connectivity index (χ4n) is 1.38. The number of carbonyl (C=O) groups is 2. The number of carboxylic acid groups (broad SMARTS) is 1. The Morgan fingerprint density at radius 3 is 2.63 bits per heavy atom. The zero-order valence-corrected chi connectivity index (χ0v) is 10.0. The second kappa shape index (κ2) is 7.27. The van der Waals surface area contributed by atoms with Gasteiger partial charge >= 0.3 is 5.97 Å². The maximum atomic E-state index is 13.2. The Kier molecular flexibility index (Phi) is 5.69. The molecular formula is C13H14FNO4. The largest absolute Gasteiger partial charge is 0.480 e. The molecule has 19 heavy (non-hydrogen) atoms. The van der Waals surface area contributed by atoms with Gasteiger partial charge in [-0.1, -0.05) is 18.2 Å². The van der Waals surface area contributed by atoms with Crippen molar-refractivity contribution >= 4 is 18.0 Å². The van der Waals surface area contributed by atoms with E-state index >= 15 is 0 Å². The Hall–Kier alpha value is -2.21. The molecule has 0 aromatic heterocycles. The monoisotopic (exact) mass is 267 g/mol. The summed E-state index contributed by atoms with van der Waals surface area (Å²) in [6.07, 6.45) is 2.21. The van der Waals surface area contributed by atoms with Crippen LogP contribution in [0.15, 0.2) is 30.3 Å². The number of benzene rings is 1. The molecule has 3 N–H and O–H groups in total. The number of halogens is 1. The molecule has 0 saturated carbocycles. The molecule has 1 amide bonds. The molecule has 0 bridgehead atoms. The smallest absolute Gasteiger partial charge is 0.326 e. The van der Waals surface area contributed by atoms with Gasteiger partial charge in [0.1, 0.15) is 11.9 Å². The zero-order chi connectivity index (χ0) is 14.3. The number of aliphatic hydroxyl groups is 1. The van der Waals surface area contributed by atoms with Crippen LogP contribution in [0.5, 0.6) is 0 Å². The number of rotatable bonds is 6. The van der Waals surface area contributed by atoms with Gasteiger partial charge in [-0.15, -0.1) is 0 Å². The highest BCUT2D eigenvalue weighted by molar-refractivity contribution is 5.94. The number of aliphatic carboxylic acids is 1. The molecule has 0 heterocycles. The maximum absolute atomic E-state index is 13.2. The van der Waals surface area contributed by atoms with Gasteiger partial charge < -0.3 is 15.5 Å². The summed E-state index contributed by atoms with van der Waals surface area (Å²) in [5.41, 5.74) is 0.228. The Morgan fingerprint density at radius 1 is 1.37 bits per heavy atom. The molecule has 6 heteroatoms. The second-order valence-electron chi connectivity index (χ2n) is 3.77. The normalized spacial score (nSPS) is 12.3. The minimum atomic E-state index is -1.23. The quantitative estimate of drug-likeness (QED) is 0.665. The van der Waals surface area contributed by atoms with Crippen molar-refractivity contribution in [3.63, 3.8) is 0 Å². The Morgan fingerprint density at radius 2 is 2.05 bits per heavy atom. The van der Waals surface area contributed by atoms with Gasteiger partial charge in [0.15, 0.2) is 0 Å². The van der Waals surface area contributed by atoms with Gasteiger partial charge in [0.2, 0.25) is 5.91 Å². The van der Waals surface area contributed by atoms with Crippen molar-refractivity contribution < 1.29 is 24.2 Å². The van der Waals surface area contributed by atoms with Crippen molar-refractivity contribution in [1.29, 1.82) is 0 Å². The third kappa shape index (κ3) is 4.89. The van der Waals surface area contributed by atoms with E-state index < -0.39 is 23.7 Å². The van der Waals surface area contributed by atoms with Crippen LogP contribution >= 0.6 is 0 Å². The summed E-state index contributed by atoms with van der Waals surface area (Å²) in [5.74, 6) is -2.37. The lowest BCUT2D eigenvalue weighted by molar-refractivity contribution is -0.141. The molecule has 102 valence electrons. The number of aliphatic hydroxyl groups excluding tert-OH is 1. The number of hydrogen-bond donors (Lipinski definition) is 3. The van der Waals surface area contributed by atoms with Crippen molar-refractivity contribution in [3.05, 3.63) is 41.7 Å². The van der Waals surface area contributed by atoms with Crippen LogP contribution in [0.25, 0.3) is 6.08 Å². The summed E-state index contributed by atoms with van der Waals surface area (Å²) >= 11 is 0. The zero-order valence-electron chi connectivity index (χ0n) is 10.0. The number of amides is 1. The van der Waals surface area contributed by atoms with E-state index in [0.29, 0.717) is 0 Å². The first-order chi connectivity index (χ1) is 9.04. The van der Waals surface area contributed by atoms with Crippen molar-refractivity contribution in [2.45, 2.75) is 12.5 Å². The molecule has 1 rings (SSSR count). The van der Waals surface area contributed by atoms with Crippen LogP contribution in [0.4, 0.5) is 4.39 Å². The highest BCUT2D eigenvalue weighted by atomic mass is 19.1. The van der Waals surface area contributed by atoms with Crippen LogP contribution in [-0.2, 0) is 9.59 Å². The number of carboxylic acids is 1. The molecule has 5 nitrogen and oxygen atoms in total. The molecule has 0 fully saturated rings. The van der Waals surface area contributed by atoms with Gasteiger partial charge in [-0.25, -0.2) is 9.18 Å². The summed E-state index contributed by atoms with van der Waals surface area (Å²) in [7, 11) is 0. The first-order valence-electron chi connectivity index (χ1n) is 5.61. The predicted octanol–water partition coefficient (Wildman–Crippen LogP) is 0.791. The molecule has 1 unspecified atom stereocenters. The lowest BCUT2D eigenvalue weighted by Gasteiger charge is -2.11. The summed E-state index contributed by atoms with van der Waals surface area (Å²) in [4.78, 5) is 22.2. The average Bonchev–Trinajstić information content (AvgIpc) is 2.37. The Labute approximate surface area is 109 Å². The Bertz CT molecular complexity index is 487. The van der Waals surface area contributed by atoms with E-state index in [9.17, 15) is 14.0 Å². The standard InChI is InChI=1S/C13H14FNO4/c14-10-4-2-1-3-9(10)5-6-12(17)15-11(7-8-16)13(18)19/h1-6,11,16H,7-8H2,(H,15,17)(H,18,19). The summed E-state index contributed by atoms with van der Waals surface area (Å²) < 4.78 is 13.2. The van der Waals surface area contributed by atoms with E-state index in [-0.39, 0.29) is 18.6 Å². The molecule has 0 radical (unpaired) electrons. The van der Waals surface area contributed by atoms with Gasteiger partial charge in [0.05, 0.1) is 0 Å². The summed E-state index contributed by atoms with van der Waals surface area (Å²) in [6.45, 7) is -0.353. The third-order valence-corrected chi connectivity index (χ3v) is 2.35. The molecule has 0 saturated heterocycles. The van der Waals surface area contributed by atoms with Gasteiger partial charge in [-0.05, 0) is 12.1 Å². The highest BCUT2D eigenvalue weighted by Crippen LogP contribution is 2.07. The molecule has 1 aromatic rings. The minimum absolute atomic E-state index is 0.0887. The van der Waals surface area contributed by atoms with Crippen molar-refractivity contribution in [2.75, 3.05) is 6.61 Å². The molecule has 0 spiro atoms. The van der Waals surface area contributed by atoms with Gasteiger partial charge in [0, 0.05) is 24.7 Å². The van der Waals surface area contributed by atoms with Crippen LogP contribution in [0.1, 0.15) is 12.0 Å². The van der Waals surface area contributed by atoms with E-state index in [1.165, 1.54) is 24.3 Å². The van der Waals surface area contributed by atoms with Gasteiger partial charge in [0.25, 0.3) is 0 Å². The van der Waals surface area contributed by atoms with Crippen LogP contribution in [0, 0.1) is 5.82 Å². The van der Waals surface area contributed by atoms with Crippen LogP contribution < -0.4 is 5.32 Å². The van der Waals surface area contributed by atoms with Crippen LogP contribution in [-0.4, -0.2) is 34.7 Å². The first kappa shape index (κ1) is 14.8. The topological polar surface area (TPSA) is 86.6 Å². The van der Waals surface area contributed by atoms with E-state index in [4.69, 9.17) is 10.2 Å². The third-order valence-electron chi connectivity index (χ3n) is 2.35. The molecule has 0 aliphatic carbocycles. The van der Waals surface area contributed by atoms with Crippen molar-refractivity contribution in [1.82, 2.24) is 5.32 Å². The molecule has 0 aliphatic heterocycles. The number of carbonyl (C=O) groups excluding carboxylic acids is 1. The molecular weight excluding hydrogens is 253 g/mol. The van der Waals surface area contributed by atoms with Crippen molar-refractivity contribution in [2.24, 2.45) is 0 Å². The molecule has 1 atom stereocenters. The van der Waals surface area contributed by atoms with Gasteiger partial charge in [-0.3, -0.25) is 4.79 Å². The van der Waals surface area contributed by atoms with E-state index in [1.54, 1.807) is 6.07 Å². The molecule has 1 aromatic carbocycles. The number of hydrogen-bond acceptors (Lipinski definition) is 3. The van der Waals surface area contributed by atoms with Gasteiger partial charge in [-0.2, -0.15) is 0 Å². The van der Waals surface area contributed by atoms with E-state index in [0.717, 1.165) is 6.08 Å². The lowest BCUT2D eigenvalue weighted by atomic mass is 10.2. The summed E-state index contributed by atoms with van der Waals surface area (Å²) in [5, 5.41) is 19.6. The maximum Gasteiger partial charge on any atom is 0.326 e. The lowest BCUT2D eigenvalue weighted by Crippen LogP contribution is -2.40. The van der Waals surface area contributed by atoms with Crippen LogP contribution in [0.3, 0.4) is 0 Å². The second-order valence-corrected chi connectivity index (χ2v) is 3.77. The predicted molar refractivity (Wildman–Crippen MR) is 66.7 cm³/mol.